The van der Waals surface area contributed by atoms with Gasteiger partial charge in [0.2, 0.25) is 23.6 Å². The molecule has 6 amide bonds. The number of nitrogens with one attached hydrogen (secondary N) is 2. The van der Waals surface area contributed by atoms with Crippen LogP contribution in [-0.2, 0) is 32.8 Å². The minimum Gasteiger partial charge on any atom is -0.352 e. The maximum Gasteiger partial charge on any atom is 0.329 e. The Kier molecular flexibility index (Phi) is 13.7. The Morgan fingerprint density at radius 3 is 2.19 bits per heavy atom. The third kappa shape index (κ3) is 10.2. The van der Waals surface area contributed by atoms with Gasteiger partial charge < -0.3 is 15.1 Å². The standard InChI is InChI=1S/C53H59FN8O5/c1-35(59-27-22-40(23-28-59)52(66)55-34-37-6-5-7-42(54)32-37)43-14-12-39(44-8-3-4-9-45(43)44)11-10-36-18-25-60(26-19-36)49(64)16-17-50(65)61-29-20-38(21-30-61)41-13-15-46-47(33-41)58(2)57-51(46)62-31-24-48(63)56-53(62)67/h3-9,12-15,32-33,35-36,38,40H,16-31,34H2,1-2H3,(H,55,66)(H,56,63,67). The van der Waals surface area contributed by atoms with E-state index in [1.54, 1.807) is 10.7 Å². The Labute approximate surface area is 391 Å². The second kappa shape index (κ2) is 20.1. The number of hydrogen-bond acceptors (Lipinski definition) is 7. The highest BCUT2D eigenvalue weighted by Gasteiger charge is 2.31. The van der Waals surface area contributed by atoms with Crippen LogP contribution >= 0.6 is 0 Å². The number of carbonyl (C=O) groups excluding carboxylic acids is 5. The molecule has 5 aromatic rings. The Morgan fingerprint density at radius 1 is 0.791 bits per heavy atom. The van der Waals surface area contributed by atoms with Gasteiger partial charge in [0, 0.05) is 94.4 Å². The van der Waals surface area contributed by atoms with Gasteiger partial charge in [-0.05, 0) is 122 Å². The molecule has 4 fully saturated rings. The topological polar surface area (TPSA) is 140 Å². The largest absolute Gasteiger partial charge is 0.352 e. The van der Waals surface area contributed by atoms with Crippen LogP contribution in [0.15, 0.2) is 78.9 Å². The molecule has 2 N–H and O–H groups in total. The lowest BCUT2D eigenvalue weighted by atomic mass is 9.89. The number of carbonyl (C=O) groups is 5. The zero-order valence-corrected chi connectivity index (χ0v) is 38.4. The number of likely N-dealkylation sites (tertiary alicyclic amines) is 3. The van der Waals surface area contributed by atoms with Gasteiger partial charge in [0.1, 0.15) is 5.82 Å². The quantitative estimate of drug-likeness (QED) is 0.142. The Morgan fingerprint density at radius 2 is 1.49 bits per heavy atom. The summed E-state index contributed by atoms with van der Waals surface area (Å²) in [5, 5.41) is 13.1. The van der Waals surface area contributed by atoms with Crippen LogP contribution in [0.4, 0.5) is 15.0 Å². The number of amides is 6. The highest BCUT2D eigenvalue weighted by molar-refractivity contribution is 6.09. The number of aryl methyl sites for hydroxylation is 1. The number of urea groups is 1. The molecule has 4 saturated heterocycles. The molecule has 14 heteroatoms. The van der Waals surface area contributed by atoms with E-state index in [0.717, 1.165) is 79.0 Å². The number of anilines is 1. The molecule has 4 aliphatic rings. The fourth-order valence-corrected chi connectivity index (χ4v) is 10.4. The second-order valence-corrected chi connectivity index (χ2v) is 18.6. The first-order chi connectivity index (χ1) is 32.5. The number of rotatable bonds is 10. The van der Waals surface area contributed by atoms with Crippen molar-refractivity contribution in [2.24, 2.45) is 18.9 Å². The van der Waals surface area contributed by atoms with E-state index in [-0.39, 0.29) is 79.0 Å². The summed E-state index contributed by atoms with van der Waals surface area (Å²) in [6.07, 6.45) is 5.44. The molecule has 0 saturated carbocycles. The number of nitrogens with zero attached hydrogens (tertiary/aromatic N) is 6. The first-order valence-electron chi connectivity index (χ1n) is 23.9. The van der Waals surface area contributed by atoms with E-state index in [1.807, 2.05) is 29.0 Å². The summed E-state index contributed by atoms with van der Waals surface area (Å²) in [6.45, 7) is 7.03. The van der Waals surface area contributed by atoms with Gasteiger partial charge in [-0.3, -0.25) is 39.0 Å². The number of piperidine rings is 3. The maximum absolute atomic E-state index is 13.6. The highest BCUT2D eigenvalue weighted by Crippen LogP contribution is 2.35. The zero-order valence-electron chi connectivity index (χ0n) is 38.4. The minimum absolute atomic E-state index is 0.0226. The van der Waals surface area contributed by atoms with E-state index in [1.165, 1.54) is 33.5 Å². The van der Waals surface area contributed by atoms with Gasteiger partial charge in [0.25, 0.3) is 0 Å². The molecule has 0 aliphatic carbocycles. The SMILES string of the molecule is CC(c1ccc(C#CC2CCN(C(=O)CCC(=O)N3CCC(c4ccc5c(N6CCC(=O)NC6=O)nn(C)c5c4)CC3)CC2)c2ccccc12)N1CCC(C(=O)NCc2cccc(F)c2)CC1. The van der Waals surface area contributed by atoms with E-state index in [2.05, 4.69) is 87.9 Å². The monoisotopic (exact) mass is 906 g/mol. The number of imide groups is 1. The van der Waals surface area contributed by atoms with Crippen LogP contribution in [-0.4, -0.2) is 100.0 Å². The predicted octanol–water partition coefficient (Wildman–Crippen LogP) is 7.18. The summed E-state index contributed by atoms with van der Waals surface area (Å²) in [7, 11) is 1.85. The Hall–Kier alpha value is -6.59. The summed E-state index contributed by atoms with van der Waals surface area (Å²) in [4.78, 5) is 71.5. The third-order valence-electron chi connectivity index (χ3n) is 14.5. The van der Waals surface area contributed by atoms with Gasteiger partial charge in [-0.1, -0.05) is 60.4 Å². The van der Waals surface area contributed by atoms with Crippen LogP contribution in [0.1, 0.15) is 98.9 Å². The van der Waals surface area contributed by atoms with E-state index in [4.69, 9.17) is 0 Å². The van der Waals surface area contributed by atoms with Gasteiger partial charge >= 0.3 is 6.03 Å². The van der Waals surface area contributed by atoms with Gasteiger partial charge in [0.05, 0.1) is 5.52 Å². The number of halogens is 1. The second-order valence-electron chi connectivity index (χ2n) is 18.6. The molecule has 0 radical (unpaired) electrons. The molecule has 348 valence electrons. The summed E-state index contributed by atoms with van der Waals surface area (Å²) < 4.78 is 15.4. The van der Waals surface area contributed by atoms with E-state index in [9.17, 15) is 28.4 Å². The van der Waals surface area contributed by atoms with Crippen molar-refractivity contribution in [3.8, 4) is 11.8 Å². The smallest absolute Gasteiger partial charge is 0.329 e. The molecule has 1 aromatic heterocycles. The molecule has 4 aliphatic heterocycles. The summed E-state index contributed by atoms with van der Waals surface area (Å²) in [5.41, 5.74) is 5.07. The van der Waals surface area contributed by atoms with E-state index in [0.29, 0.717) is 38.5 Å². The van der Waals surface area contributed by atoms with Crippen molar-refractivity contribution in [1.82, 2.24) is 35.1 Å². The van der Waals surface area contributed by atoms with Crippen molar-refractivity contribution in [3.63, 3.8) is 0 Å². The zero-order chi connectivity index (χ0) is 46.6. The molecule has 1 atom stereocenters. The van der Waals surface area contributed by atoms with Crippen molar-refractivity contribution >= 4 is 57.2 Å². The third-order valence-corrected chi connectivity index (χ3v) is 14.5. The minimum atomic E-state index is -0.457. The Balaban J connectivity index is 0.719. The fraction of sp³-hybridized carbons (Fsp3) is 0.434. The van der Waals surface area contributed by atoms with Gasteiger partial charge in [-0.25, -0.2) is 9.18 Å². The first kappa shape index (κ1) is 45.6. The lowest BCUT2D eigenvalue weighted by Crippen LogP contribution is -2.49. The molecule has 0 bridgehead atoms. The van der Waals surface area contributed by atoms with Crippen LogP contribution < -0.4 is 15.5 Å². The van der Waals surface area contributed by atoms with Crippen LogP contribution in [0, 0.1) is 29.5 Å². The van der Waals surface area contributed by atoms with Gasteiger partial charge in [-0.2, -0.15) is 5.10 Å². The molecule has 67 heavy (non-hydrogen) atoms. The lowest BCUT2D eigenvalue weighted by Gasteiger charge is -2.36. The summed E-state index contributed by atoms with van der Waals surface area (Å²) >= 11 is 0. The molecular formula is C53H59FN8O5. The number of hydrogen-bond donors (Lipinski definition) is 2. The fourth-order valence-electron chi connectivity index (χ4n) is 10.4. The molecule has 4 aromatic carbocycles. The average Bonchev–Trinajstić information content (AvgIpc) is 3.68. The summed E-state index contributed by atoms with van der Waals surface area (Å²) in [5.74, 6) is 7.46. The lowest BCUT2D eigenvalue weighted by molar-refractivity contribution is -0.138. The predicted molar refractivity (Wildman–Crippen MR) is 255 cm³/mol. The normalized spacial score (nSPS) is 18.5. The number of fused-ring (bicyclic) bond motifs is 2. The first-order valence-corrected chi connectivity index (χ1v) is 23.9. The number of benzene rings is 4. The van der Waals surface area contributed by atoms with Crippen LogP contribution in [0.5, 0.6) is 0 Å². The molecule has 9 rings (SSSR count). The molecule has 0 spiro atoms. The van der Waals surface area contributed by atoms with Crippen molar-refractivity contribution in [1.29, 1.82) is 0 Å². The van der Waals surface area contributed by atoms with E-state index < -0.39 is 6.03 Å². The van der Waals surface area contributed by atoms with Crippen molar-refractivity contribution in [3.05, 3.63) is 107 Å². The van der Waals surface area contributed by atoms with Gasteiger partial charge in [0.15, 0.2) is 5.82 Å². The highest BCUT2D eigenvalue weighted by atomic mass is 19.1. The van der Waals surface area contributed by atoms with Gasteiger partial charge in [-0.15, -0.1) is 0 Å². The molecule has 13 nitrogen and oxygen atoms in total. The van der Waals surface area contributed by atoms with Crippen LogP contribution in [0.25, 0.3) is 21.7 Å². The average molecular weight is 907 g/mol. The molecular weight excluding hydrogens is 848 g/mol. The van der Waals surface area contributed by atoms with Crippen molar-refractivity contribution in [2.45, 2.75) is 83.2 Å². The van der Waals surface area contributed by atoms with Crippen molar-refractivity contribution < 1.29 is 28.4 Å². The Bertz CT molecular complexity index is 2750. The molecule has 1 unspecified atom stereocenters. The molecule has 5 heterocycles. The number of aromatic nitrogens is 2. The summed E-state index contributed by atoms with van der Waals surface area (Å²) in [6, 6.07) is 25.0. The van der Waals surface area contributed by atoms with Crippen LogP contribution in [0.2, 0.25) is 0 Å². The maximum atomic E-state index is 13.6. The van der Waals surface area contributed by atoms with Crippen molar-refractivity contribution in [2.75, 3.05) is 50.7 Å². The van der Waals surface area contributed by atoms with Crippen LogP contribution in [0.3, 0.4) is 0 Å². The van der Waals surface area contributed by atoms with E-state index >= 15 is 0 Å².